The van der Waals surface area contributed by atoms with Gasteiger partial charge in [0.1, 0.15) is 11.6 Å². The zero-order chi connectivity index (χ0) is 88.4. The summed E-state index contributed by atoms with van der Waals surface area (Å²) in [6, 6.07) is 48.2. The lowest BCUT2D eigenvalue weighted by Crippen LogP contribution is -2.30. The van der Waals surface area contributed by atoms with Crippen molar-refractivity contribution in [3.05, 3.63) is 238 Å². The predicted molar refractivity (Wildman–Crippen MR) is 503 cm³/mol. The molecular weight excluding hydrogens is 1470 g/mol. The van der Waals surface area contributed by atoms with Crippen LogP contribution in [-0.4, -0.2) is 106 Å². The van der Waals surface area contributed by atoms with Crippen molar-refractivity contribution in [3.63, 3.8) is 0 Å². The summed E-state index contributed by atoms with van der Waals surface area (Å²) in [5, 5.41) is 2.67. The molecule has 0 amide bonds. The Morgan fingerprint density at radius 3 is 1.32 bits per heavy atom. The van der Waals surface area contributed by atoms with Gasteiger partial charge < -0.3 is 38.2 Å². The molecular formula is C103H152N10O6. The van der Waals surface area contributed by atoms with Gasteiger partial charge in [-0.25, -0.2) is 24.9 Å². The largest absolute Gasteiger partial charge is 0.489 e. The molecule has 0 atom stereocenters. The number of benzene rings is 2. The first-order valence-corrected chi connectivity index (χ1v) is 43.9. The van der Waals surface area contributed by atoms with Crippen molar-refractivity contribution in [1.29, 1.82) is 0 Å². The van der Waals surface area contributed by atoms with Gasteiger partial charge in [-0.3, -0.25) is 15.0 Å². The molecule has 0 radical (unpaired) electrons. The molecule has 2 fully saturated rings. The summed E-state index contributed by atoms with van der Waals surface area (Å²) in [4.78, 5) is 40.0. The number of ether oxygens (including phenoxy) is 6. The highest BCUT2D eigenvalue weighted by Gasteiger charge is 2.17. The number of hydrogen-bond acceptors (Lipinski definition) is 16. The van der Waals surface area contributed by atoms with Gasteiger partial charge in [-0.1, -0.05) is 198 Å². The van der Waals surface area contributed by atoms with E-state index >= 15 is 0 Å². The second-order valence-electron chi connectivity index (χ2n) is 34.2. The predicted octanol–water partition coefficient (Wildman–Crippen LogP) is 27.1. The molecule has 16 nitrogen and oxygen atoms in total. The van der Waals surface area contributed by atoms with Gasteiger partial charge in [-0.05, 0) is 254 Å². The van der Waals surface area contributed by atoms with E-state index in [2.05, 4.69) is 285 Å². The molecule has 0 unspecified atom stereocenters. The molecule has 10 aromatic rings. The van der Waals surface area contributed by atoms with Crippen LogP contribution in [0.5, 0.6) is 35.0 Å². The summed E-state index contributed by atoms with van der Waals surface area (Å²) in [6.45, 7) is 63.8. The second kappa shape index (κ2) is 53.8. The minimum atomic E-state index is 0.130. The zero-order valence-corrected chi connectivity index (χ0v) is 79.0. The number of fused-ring (bicyclic) bond motifs is 1. The number of rotatable bonds is 21. The summed E-state index contributed by atoms with van der Waals surface area (Å²) in [6.07, 6.45) is 16.0. The van der Waals surface area contributed by atoms with Crippen LogP contribution in [0.4, 0.5) is 11.5 Å². The van der Waals surface area contributed by atoms with E-state index in [1.54, 1.807) is 21.3 Å². The number of pyridine rings is 8. The van der Waals surface area contributed by atoms with Crippen LogP contribution in [0.15, 0.2) is 164 Å². The maximum atomic E-state index is 5.62. The molecule has 2 aliphatic rings. The lowest BCUT2D eigenvalue weighted by atomic mass is 9.99. The molecule has 2 aliphatic heterocycles. The van der Waals surface area contributed by atoms with Crippen molar-refractivity contribution in [2.24, 2.45) is 0 Å². The van der Waals surface area contributed by atoms with Crippen molar-refractivity contribution in [3.8, 4) is 35.0 Å². The highest BCUT2D eigenvalue weighted by atomic mass is 16.5. The van der Waals surface area contributed by atoms with Crippen LogP contribution >= 0.6 is 0 Å². The van der Waals surface area contributed by atoms with Gasteiger partial charge in [0.25, 0.3) is 5.88 Å². The third-order valence-corrected chi connectivity index (χ3v) is 19.7. The minimum absolute atomic E-state index is 0.130. The van der Waals surface area contributed by atoms with Gasteiger partial charge >= 0.3 is 0 Å². The standard InChI is InChI=1S/C13H20N2.C13H14.C12H18N2.C12H19NO2.2C12H19NO.C11H17NO.C9H13NO.C9H13N/c1-11(2)12-6-7-13(14-10-12)15-8-4-3-5-9-15;1-10(2)12-8-7-11-5-3-4-6-13(11)9-12;1-10(2)12-6-5-11(9-13-12)14-7-3-4-8-14;1-8(2)10-6-7-11(15-9(3)4)12(13-10)14-5;1-8(2)11-6-10(5)12(13-7-11)14-9(3)4;1-8(2)11-6-7-12(10(5)13-11)14-9(3)4;1-5-9-6-7-10(8(2)3)11(12-9)13-4;1-7(2)8-5-4-6-9(10-8)11-3;1-7(2)9-5-4-8(3)6-10-9/h6-7,10-11H,3-5,8-9H2,1-2H3;3-10H,1-2H3;5-6,9-10H,3-4,7-8H2,1-2H3;6-9H,1-5H3;2*6-9H,1-5H3;6-8H,5H2,1-4H3;4-7H,1-3H3;4-7H,1-3H3. The quantitative estimate of drug-likeness (QED) is 0.0666. The van der Waals surface area contributed by atoms with Crippen molar-refractivity contribution in [1.82, 2.24) is 39.9 Å². The van der Waals surface area contributed by atoms with Crippen LogP contribution in [0.25, 0.3) is 10.8 Å². The van der Waals surface area contributed by atoms with E-state index in [1.807, 2.05) is 123 Å². The van der Waals surface area contributed by atoms with Crippen molar-refractivity contribution >= 4 is 22.3 Å². The van der Waals surface area contributed by atoms with Crippen molar-refractivity contribution in [2.75, 3.05) is 57.3 Å². The van der Waals surface area contributed by atoms with Gasteiger partial charge in [0, 0.05) is 96.1 Å². The van der Waals surface area contributed by atoms with Gasteiger partial charge in [0.05, 0.1) is 57.2 Å². The maximum absolute atomic E-state index is 5.62. The molecule has 0 spiro atoms. The first kappa shape index (κ1) is 102. The molecule has 650 valence electrons. The summed E-state index contributed by atoms with van der Waals surface area (Å²) in [7, 11) is 4.92. The van der Waals surface area contributed by atoms with E-state index in [0.29, 0.717) is 70.8 Å². The maximum Gasteiger partial charge on any atom is 0.256 e. The number of methoxy groups -OCH3 is 3. The molecule has 2 aromatic carbocycles. The fourth-order valence-electron chi connectivity index (χ4n) is 12.3. The fourth-order valence-corrected chi connectivity index (χ4v) is 12.3. The summed E-state index contributed by atoms with van der Waals surface area (Å²) < 4.78 is 32.2. The average molecular weight is 1630 g/mol. The van der Waals surface area contributed by atoms with E-state index < -0.39 is 0 Å². The average Bonchev–Trinajstić information content (AvgIpc) is 1.05. The molecule has 2 saturated heterocycles. The van der Waals surface area contributed by atoms with Crippen LogP contribution < -0.4 is 38.2 Å². The minimum Gasteiger partial charge on any atom is -0.489 e. The summed E-state index contributed by atoms with van der Waals surface area (Å²) in [5.41, 5.74) is 16.4. The molecule has 0 N–H and O–H groups in total. The Balaban J connectivity index is 0.000000282. The normalized spacial score (nSPS) is 12.3. The van der Waals surface area contributed by atoms with E-state index in [9.17, 15) is 0 Å². The number of nitrogens with zero attached hydrogens (tertiary/aromatic N) is 10. The topological polar surface area (TPSA) is 165 Å². The van der Waals surface area contributed by atoms with Crippen molar-refractivity contribution in [2.45, 2.75) is 304 Å². The van der Waals surface area contributed by atoms with E-state index in [0.717, 1.165) is 63.8 Å². The fraction of sp³-hybridized carbons (Fsp3) is 0.515. The summed E-state index contributed by atoms with van der Waals surface area (Å²) in [5.74, 6) is 10.1. The molecule has 119 heavy (non-hydrogen) atoms. The Morgan fingerprint density at radius 2 is 0.840 bits per heavy atom. The Hall–Kier alpha value is -9.70. The van der Waals surface area contributed by atoms with Gasteiger partial charge in [-0.15, -0.1) is 0 Å². The molecule has 0 saturated carbocycles. The molecule has 0 aliphatic carbocycles. The van der Waals surface area contributed by atoms with E-state index in [4.69, 9.17) is 28.4 Å². The number of aryl methyl sites for hydroxylation is 4. The smallest absolute Gasteiger partial charge is 0.256 e. The first-order valence-electron chi connectivity index (χ1n) is 43.9. The Kier molecular flexibility index (Phi) is 45.9. The first-order chi connectivity index (χ1) is 56.5. The number of hydrogen-bond donors (Lipinski definition) is 0. The highest BCUT2D eigenvalue weighted by Crippen LogP contribution is 2.31. The van der Waals surface area contributed by atoms with Crippen LogP contribution in [0.1, 0.15) is 332 Å². The van der Waals surface area contributed by atoms with Crippen LogP contribution in [0.3, 0.4) is 0 Å². The second-order valence-corrected chi connectivity index (χ2v) is 34.2. The number of anilines is 2. The molecule has 16 heteroatoms. The molecule has 8 aromatic heterocycles. The Morgan fingerprint density at radius 1 is 0.336 bits per heavy atom. The summed E-state index contributed by atoms with van der Waals surface area (Å²) >= 11 is 0. The van der Waals surface area contributed by atoms with Crippen LogP contribution in [0.2, 0.25) is 0 Å². The third kappa shape index (κ3) is 37.2. The lowest BCUT2D eigenvalue weighted by molar-refractivity contribution is 0.226. The van der Waals surface area contributed by atoms with Crippen LogP contribution in [0, 0.1) is 20.8 Å². The SMILES string of the molecule is CC(C)c1ccc(N2CCCC2)cn1.CC(C)c1ccc(N2CCCCC2)nc1.CC(C)c1ccc2ccccc2c1.CCc1ccc(C(C)C)c(OC)n1.COc1cccc(C(C)C)n1.COc1nc(C(C)C)ccc1OC(C)C.Cc1cc(C(C)C)cnc1OC(C)C.Cc1ccc(C(C)C)nc1.Cc1nc(C(C)C)ccc1OC(C)C. The van der Waals surface area contributed by atoms with Crippen LogP contribution in [-0.2, 0) is 6.42 Å². The van der Waals surface area contributed by atoms with E-state index in [1.165, 1.54) is 114 Å². The Labute approximate surface area is 720 Å². The lowest BCUT2D eigenvalue weighted by Gasteiger charge is -2.27. The number of aromatic nitrogens is 8. The molecule has 12 rings (SSSR count). The monoisotopic (exact) mass is 1630 g/mol. The van der Waals surface area contributed by atoms with Gasteiger partial charge in [-0.2, -0.15) is 0 Å². The highest BCUT2D eigenvalue weighted by molar-refractivity contribution is 5.83. The van der Waals surface area contributed by atoms with Crippen molar-refractivity contribution < 1.29 is 28.4 Å². The van der Waals surface area contributed by atoms with Gasteiger partial charge in [0.15, 0.2) is 5.75 Å². The van der Waals surface area contributed by atoms with Gasteiger partial charge in [0.2, 0.25) is 17.6 Å². The third-order valence-electron chi connectivity index (χ3n) is 19.7. The molecule has 10 heterocycles. The number of piperidine rings is 1. The zero-order valence-electron chi connectivity index (χ0n) is 79.0. The van der Waals surface area contributed by atoms with E-state index in [-0.39, 0.29) is 18.3 Å². The Bertz CT molecular complexity index is 4370. The molecule has 0 bridgehead atoms.